The summed E-state index contributed by atoms with van der Waals surface area (Å²) in [7, 11) is -3.66. The molecule has 1 aromatic rings. The van der Waals surface area contributed by atoms with Crippen LogP contribution >= 0.6 is 11.3 Å². The van der Waals surface area contributed by atoms with Gasteiger partial charge in [-0.1, -0.05) is 6.92 Å². The van der Waals surface area contributed by atoms with Crippen LogP contribution in [-0.4, -0.2) is 60.8 Å². The second-order valence-corrected chi connectivity index (χ2v) is 9.18. The molecule has 9 heteroatoms. The van der Waals surface area contributed by atoms with Crippen molar-refractivity contribution in [3.8, 4) is 0 Å². The topological polar surface area (TPSA) is 95.0 Å². The van der Waals surface area contributed by atoms with Crippen molar-refractivity contribution in [2.24, 2.45) is 11.8 Å². The number of carbonyl (C=O) groups is 2. The number of carbonyl (C=O) groups excluding carboxylic acids is 1. The Morgan fingerprint density at radius 3 is 2.50 bits per heavy atom. The van der Waals surface area contributed by atoms with Gasteiger partial charge in [0.15, 0.2) is 0 Å². The summed E-state index contributed by atoms with van der Waals surface area (Å²) in [6.45, 7) is 3.21. The summed E-state index contributed by atoms with van der Waals surface area (Å²) in [5, 5.41) is 10.8. The number of sulfonamides is 1. The standard InChI is InChI=1S/C15H20N2O5S2/c1-10-8-16(9-11(10)15(19)20)14(18)13-12(4-7-23-13)24(21,22)17-5-2-3-6-17/h4,7,10-11H,2-3,5-6,8-9H2,1H3,(H,19,20)/t10-,11-/m1/s1. The van der Waals surface area contributed by atoms with Crippen LogP contribution in [0.4, 0.5) is 0 Å². The van der Waals surface area contributed by atoms with E-state index in [0.717, 1.165) is 24.2 Å². The average Bonchev–Trinajstić information content (AvgIpc) is 3.26. The third-order valence-corrected chi connectivity index (χ3v) is 7.70. The van der Waals surface area contributed by atoms with Crippen molar-refractivity contribution < 1.29 is 23.1 Å². The Morgan fingerprint density at radius 1 is 1.25 bits per heavy atom. The molecule has 0 aromatic carbocycles. The van der Waals surface area contributed by atoms with Crippen LogP contribution in [0.15, 0.2) is 16.3 Å². The molecule has 0 unspecified atom stereocenters. The molecule has 0 radical (unpaired) electrons. The molecule has 0 saturated carbocycles. The first-order valence-electron chi connectivity index (χ1n) is 7.92. The van der Waals surface area contributed by atoms with E-state index in [-0.39, 0.29) is 22.2 Å². The van der Waals surface area contributed by atoms with E-state index >= 15 is 0 Å². The lowest BCUT2D eigenvalue weighted by molar-refractivity contribution is -0.142. The van der Waals surface area contributed by atoms with Crippen LogP contribution in [0.3, 0.4) is 0 Å². The Balaban J connectivity index is 1.85. The van der Waals surface area contributed by atoms with E-state index < -0.39 is 27.8 Å². The van der Waals surface area contributed by atoms with Crippen molar-refractivity contribution in [2.45, 2.75) is 24.7 Å². The third kappa shape index (κ3) is 2.96. The molecule has 132 valence electrons. The summed E-state index contributed by atoms with van der Waals surface area (Å²) in [6.07, 6.45) is 1.66. The summed E-state index contributed by atoms with van der Waals surface area (Å²) in [4.78, 5) is 25.7. The normalized spacial score (nSPS) is 25.3. The first-order valence-corrected chi connectivity index (χ1v) is 10.2. The molecule has 1 aromatic heterocycles. The van der Waals surface area contributed by atoms with Gasteiger partial charge in [0.1, 0.15) is 9.77 Å². The zero-order valence-corrected chi connectivity index (χ0v) is 15.0. The Hall–Kier alpha value is -1.45. The maximum absolute atomic E-state index is 12.8. The Labute approximate surface area is 144 Å². The van der Waals surface area contributed by atoms with Crippen LogP contribution in [0.2, 0.25) is 0 Å². The van der Waals surface area contributed by atoms with E-state index in [1.807, 2.05) is 0 Å². The molecular weight excluding hydrogens is 352 g/mol. The molecule has 2 aliphatic rings. The number of aliphatic carboxylic acids is 1. The highest BCUT2D eigenvalue weighted by molar-refractivity contribution is 7.89. The minimum absolute atomic E-state index is 0.0471. The largest absolute Gasteiger partial charge is 0.481 e. The second-order valence-electron chi connectivity index (χ2n) is 6.36. The highest BCUT2D eigenvalue weighted by Gasteiger charge is 2.39. The molecule has 1 amide bonds. The Kier molecular flexibility index (Phi) is 4.67. The van der Waals surface area contributed by atoms with E-state index in [9.17, 15) is 23.1 Å². The number of hydrogen-bond donors (Lipinski definition) is 1. The van der Waals surface area contributed by atoms with Crippen LogP contribution in [0.25, 0.3) is 0 Å². The predicted octanol–water partition coefficient (Wildman–Crippen LogP) is 1.33. The molecule has 0 spiro atoms. The van der Waals surface area contributed by atoms with E-state index in [1.165, 1.54) is 15.3 Å². The van der Waals surface area contributed by atoms with Gasteiger partial charge < -0.3 is 10.0 Å². The van der Waals surface area contributed by atoms with E-state index in [2.05, 4.69) is 0 Å². The minimum Gasteiger partial charge on any atom is -0.481 e. The third-order valence-electron chi connectivity index (χ3n) is 4.72. The van der Waals surface area contributed by atoms with Crippen LogP contribution in [-0.2, 0) is 14.8 Å². The van der Waals surface area contributed by atoms with Gasteiger partial charge in [-0.25, -0.2) is 8.42 Å². The summed E-state index contributed by atoms with van der Waals surface area (Å²) >= 11 is 1.10. The molecule has 7 nitrogen and oxygen atoms in total. The van der Waals surface area contributed by atoms with Gasteiger partial charge >= 0.3 is 5.97 Å². The van der Waals surface area contributed by atoms with Gasteiger partial charge in [-0.05, 0) is 30.2 Å². The highest BCUT2D eigenvalue weighted by atomic mass is 32.2. The quantitative estimate of drug-likeness (QED) is 0.860. The summed E-state index contributed by atoms with van der Waals surface area (Å²) < 4.78 is 26.9. The fraction of sp³-hybridized carbons (Fsp3) is 0.600. The van der Waals surface area contributed by atoms with Gasteiger partial charge in [-0.2, -0.15) is 4.31 Å². The molecule has 3 heterocycles. The first-order chi connectivity index (χ1) is 11.3. The SMILES string of the molecule is C[C@@H]1CN(C(=O)c2sccc2S(=O)(=O)N2CCCC2)C[C@H]1C(=O)O. The lowest BCUT2D eigenvalue weighted by atomic mass is 9.99. The molecule has 2 fully saturated rings. The number of carboxylic acid groups (broad SMARTS) is 1. The van der Waals surface area contributed by atoms with Crippen molar-refractivity contribution in [1.29, 1.82) is 0 Å². The summed E-state index contributed by atoms with van der Waals surface area (Å²) in [6, 6.07) is 1.47. The lowest BCUT2D eigenvalue weighted by Gasteiger charge is -2.18. The zero-order chi connectivity index (χ0) is 17.5. The number of carboxylic acids is 1. The minimum atomic E-state index is -3.66. The van der Waals surface area contributed by atoms with Gasteiger partial charge in [-0.15, -0.1) is 11.3 Å². The van der Waals surface area contributed by atoms with Crippen LogP contribution < -0.4 is 0 Å². The number of likely N-dealkylation sites (tertiary alicyclic amines) is 1. The number of nitrogens with zero attached hydrogens (tertiary/aromatic N) is 2. The van der Waals surface area contributed by atoms with E-state index in [0.29, 0.717) is 19.6 Å². The monoisotopic (exact) mass is 372 g/mol. The van der Waals surface area contributed by atoms with Gasteiger partial charge in [0, 0.05) is 26.2 Å². The van der Waals surface area contributed by atoms with E-state index in [4.69, 9.17) is 0 Å². The fourth-order valence-electron chi connectivity index (χ4n) is 3.32. The van der Waals surface area contributed by atoms with Crippen molar-refractivity contribution in [1.82, 2.24) is 9.21 Å². The molecule has 2 atom stereocenters. The second kappa shape index (κ2) is 6.45. The van der Waals surface area contributed by atoms with Crippen molar-refractivity contribution >= 4 is 33.2 Å². The number of rotatable bonds is 4. The first kappa shape index (κ1) is 17.4. The van der Waals surface area contributed by atoms with Gasteiger partial charge in [-0.3, -0.25) is 9.59 Å². The Bertz CT molecular complexity index is 752. The molecule has 0 bridgehead atoms. The van der Waals surface area contributed by atoms with Crippen molar-refractivity contribution in [2.75, 3.05) is 26.2 Å². The highest BCUT2D eigenvalue weighted by Crippen LogP contribution is 2.31. The van der Waals surface area contributed by atoms with Crippen molar-refractivity contribution in [3.05, 3.63) is 16.3 Å². The van der Waals surface area contributed by atoms with Crippen LogP contribution in [0.1, 0.15) is 29.4 Å². The van der Waals surface area contributed by atoms with Gasteiger partial charge in [0.25, 0.3) is 5.91 Å². The Morgan fingerprint density at radius 2 is 1.92 bits per heavy atom. The zero-order valence-electron chi connectivity index (χ0n) is 13.3. The van der Waals surface area contributed by atoms with E-state index in [1.54, 1.807) is 12.3 Å². The van der Waals surface area contributed by atoms with Gasteiger partial charge in [0.05, 0.1) is 5.92 Å². The number of amides is 1. The maximum atomic E-state index is 12.8. The average molecular weight is 372 g/mol. The molecule has 2 aliphatic heterocycles. The maximum Gasteiger partial charge on any atom is 0.308 e. The molecular formula is C15H20N2O5S2. The van der Waals surface area contributed by atoms with Crippen LogP contribution in [0.5, 0.6) is 0 Å². The van der Waals surface area contributed by atoms with Crippen LogP contribution in [0, 0.1) is 11.8 Å². The number of thiophene rings is 1. The summed E-state index contributed by atoms with van der Waals surface area (Å²) in [5.41, 5.74) is 0. The van der Waals surface area contributed by atoms with Gasteiger partial charge in [0.2, 0.25) is 10.0 Å². The molecule has 24 heavy (non-hydrogen) atoms. The lowest BCUT2D eigenvalue weighted by Crippen LogP contribution is -2.32. The molecule has 0 aliphatic carbocycles. The fourth-order valence-corrected chi connectivity index (χ4v) is 6.20. The molecule has 3 rings (SSSR count). The number of hydrogen-bond acceptors (Lipinski definition) is 5. The molecule has 2 saturated heterocycles. The smallest absolute Gasteiger partial charge is 0.308 e. The van der Waals surface area contributed by atoms with Crippen molar-refractivity contribution in [3.63, 3.8) is 0 Å². The summed E-state index contributed by atoms with van der Waals surface area (Å²) in [5.74, 6) is -2.06. The molecule has 1 N–H and O–H groups in total. The predicted molar refractivity (Wildman–Crippen MR) is 88.5 cm³/mol.